The summed E-state index contributed by atoms with van der Waals surface area (Å²) in [6.07, 6.45) is 1.99. The number of rotatable bonds is 6. The van der Waals surface area contributed by atoms with Crippen molar-refractivity contribution in [2.24, 2.45) is 5.92 Å². The van der Waals surface area contributed by atoms with Crippen molar-refractivity contribution in [1.82, 2.24) is 4.31 Å². The minimum atomic E-state index is -3.59. The molecule has 0 bridgehead atoms. The number of hydrogen-bond acceptors (Lipinski definition) is 2. The second-order valence-electron chi connectivity index (χ2n) is 10.4. The summed E-state index contributed by atoms with van der Waals surface area (Å²) in [7, 11) is -6.10. The van der Waals surface area contributed by atoms with Crippen LogP contribution in [0.2, 0.25) is 10.6 Å². The maximum Gasteiger partial charge on any atom is 0.243 e. The Morgan fingerprint density at radius 1 is 0.853 bits per heavy atom. The number of aryl methyl sites for hydroxylation is 1. The molecule has 1 aliphatic heterocycles. The molecule has 3 aromatic carbocycles. The fourth-order valence-electron chi connectivity index (χ4n) is 5.96. The van der Waals surface area contributed by atoms with Crippen molar-refractivity contribution in [2.75, 3.05) is 13.1 Å². The van der Waals surface area contributed by atoms with Crippen LogP contribution in [0.5, 0.6) is 0 Å². The van der Waals surface area contributed by atoms with E-state index in [-0.39, 0.29) is 16.5 Å². The van der Waals surface area contributed by atoms with Crippen LogP contribution in [0.1, 0.15) is 26.3 Å². The normalized spacial score (nSPS) is 19.8. The largest absolute Gasteiger partial charge is 0.243 e. The van der Waals surface area contributed by atoms with Gasteiger partial charge in [0.05, 0.1) is 4.90 Å². The fourth-order valence-corrected chi connectivity index (χ4v) is 14.4. The zero-order chi connectivity index (χ0) is 24.6. The van der Waals surface area contributed by atoms with Gasteiger partial charge in [0, 0.05) is 13.1 Å². The van der Waals surface area contributed by atoms with Gasteiger partial charge in [0.25, 0.3) is 0 Å². The minimum absolute atomic E-state index is 0.0503. The highest BCUT2D eigenvalue weighted by atomic mass is 32.2. The zero-order valence-corrected chi connectivity index (χ0v) is 22.4. The topological polar surface area (TPSA) is 37.4 Å². The van der Waals surface area contributed by atoms with E-state index in [1.165, 1.54) is 10.4 Å². The molecule has 1 saturated heterocycles. The second-order valence-corrected chi connectivity index (χ2v) is 17.4. The van der Waals surface area contributed by atoms with Crippen LogP contribution < -0.4 is 10.4 Å². The zero-order valence-electron chi connectivity index (χ0n) is 20.6. The van der Waals surface area contributed by atoms with E-state index in [1.807, 2.05) is 25.1 Å². The van der Waals surface area contributed by atoms with Gasteiger partial charge < -0.3 is 0 Å². The molecule has 1 heterocycles. The molecule has 3 aromatic rings. The molecule has 0 radical (unpaired) electrons. The van der Waals surface area contributed by atoms with Crippen LogP contribution in [-0.4, -0.2) is 33.9 Å². The second kappa shape index (κ2) is 9.29. The van der Waals surface area contributed by atoms with Gasteiger partial charge in [-0.15, -0.1) is 6.58 Å². The minimum Gasteiger partial charge on any atom is -0.207 e. The summed E-state index contributed by atoms with van der Waals surface area (Å²) in [4.78, 5) is 0.365. The molecule has 0 aromatic heterocycles. The molecular weight excluding hydrogens is 454 g/mol. The molecule has 0 unspecified atom stereocenters. The highest BCUT2D eigenvalue weighted by Gasteiger charge is 2.58. The average molecular weight is 490 g/mol. The third kappa shape index (κ3) is 4.10. The smallest absolute Gasteiger partial charge is 0.207 e. The van der Waals surface area contributed by atoms with Gasteiger partial charge in [-0.1, -0.05) is 116 Å². The molecule has 34 heavy (non-hydrogen) atoms. The van der Waals surface area contributed by atoms with Crippen molar-refractivity contribution in [2.45, 2.75) is 43.2 Å². The Hall–Kier alpha value is -2.47. The predicted octanol–water partition coefficient (Wildman–Crippen LogP) is 5.24. The molecule has 178 valence electrons. The average Bonchev–Trinajstić information content (AvgIpc) is 3.26. The Morgan fingerprint density at radius 2 is 1.35 bits per heavy atom. The van der Waals surface area contributed by atoms with E-state index in [4.69, 9.17) is 0 Å². The van der Waals surface area contributed by atoms with Gasteiger partial charge in [-0.3, -0.25) is 0 Å². The van der Waals surface area contributed by atoms with E-state index < -0.39 is 18.1 Å². The molecule has 3 nitrogen and oxygen atoms in total. The molecule has 0 aliphatic carbocycles. The van der Waals surface area contributed by atoms with Crippen molar-refractivity contribution in [3.05, 3.63) is 103 Å². The molecule has 0 spiro atoms. The molecule has 0 saturated carbocycles. The van der Waals surface area contributed by atoms with Crippen molar-refractivity contribution >= 4 is 28.5 Å². The molecule has 2 atom stereocenters. The van der Waals surface area contributed by atoms with Crippen LogP contribution in [0.3, 0.4) is 0 Å². The monoisotopic (exact) mass is 489 g/mol. The number of sulfonamides is 1. The highest BCUT2D eigenvalue weighted by molar-refractivity contribution is 7.89. The van der Waals surface area contributed by atoms with E-state index >= 15 is 0 Å². The van der Waals surface area contributed by atoms with Crippen molar-refractivity contribution < 1.29 is 8.42 Å². The molecule has 4 rings (SSSR count). The maximum absolute atomic E-state index is 13.7. The van der Waals surface area contributed by atoms with E-state index in [0.29, 0.717) is 18.0 Å². The quantitative estimate of drug-likeness (QED) is 0.351. The van der Waals surface area contributed by atoms with Crippen LogP contribution in [-0.2, 0) is 10.0 Å². The molecule has 0 amide bonds. The Bertz CT molecular complexity index is 1190. The first-order valence-electron chi connectivity index (χ1n) is 11.9. The van der Waals surface area contributed by atoms with Gasteiger partial charge in [0.15, 0.2) is 0 Å². The van der Waals surface area contributed by atoms with Gasteiger partial charge in [-0.25, -0.2) is 8.42 Å². The SMILES string of the molecule is C=C[C@@H]1CN(S(=O)(=O)c2ccc(C)cc2)C[C@H]1[Si](c1ccccc1)(c1ccccc1)C(C)(C)C. The van der Waals surface area contributed by atoms with E-state index in [9.17, 15) is 8.42 Å². The van der Waals surface area contributed by atoms with Crippen LogP contribution >= 0.6 is 0 Å². The van der Waals surface area contributed by atoms with E-state index in [0.717, 1.165) is 5.56 Å². The lowest BCUT2D eigenvalue weighted by molar-refractivity contribution is 0.470. The molecular formula is C29H35NO2SSi. The molecule has 0 N–H and O–H groups in total. The maximum atomic E-state index is 13.7. The lowest BCUT2D eigenvalue weighted by atomic mass is 10.1. The molecule has 1 fully saturated rings. The van der Waals surface area contributed by atoms with Crippen molar-refractivity contribution in [1.29, 1.82) is 0 Å². The summed E-state index contributed by atoms with van der Waals surface area (Å²) in [5.41, 5.74) is 1.21. The van der Waals surface area contributed by atoms with E-state index in [2.05, 4.69) is 88.0 Å². The van der Waals surface area contributed by atoms with Gasteiger partial charge in [-0.2, -0.15) is 4.31 Å². The third-order valence-corrected chi connectivity index (χ3v) is 15.9. The summed E-state index contributed by atoms with van der Waals surface area (Å²) < 4.78 is 29.1. The first-order valence-corrected chi connectivity index (χ1v) is 15.4. The standard InChI is InChI=1S/C29H35NO2SSi/c1-6-24-21-30(33(31,32)25-19-17-23(2)18-20-25)22-28(24)34(29(3,4)5,26-13-9-7-10-14-26)27-15-11-8-12-16-27/h6-20,24,28H,1,21-22H2,2-5H3/t24-,28-/m1/s1. The lowest BCUT2D eigenvalue weighted by Crippen LogP contribution is -2.68. The summed E-state index contributed by atoms with van der Waals surface area (Å²) in [5, 5.41) is 2.64. The fraction of sp³-hybridized carbons (Fsp3) is 0.310. The van der Waals surface area contributed by atoms with Gasteiger partial charge in [-0.05, 0) is 35.6 Å². The van der Waals surface area contributed by atoms with Gasteiger partial charge in [0.1, 0.15) is 8.07 Å². The first-order chi connectivity index (χ1) is 16.1. The number of nitrogens with zero attached hydrogens (tertiary/aromatic N) is 1. The summed E-state index contributed by atoms with van der Waals surface area (Å²) in [6, 6.07) is 28.8. The van der Waals surface area contributed by atoms with Crippen molar-refractivity contribution in [3.63, 3.8) is 0 Å². The Morgan fingerprint density at radius 3 is 1.79 bits per heavy atom. The third-order valence-electron chi connectivity index (χ3n) is 7.49. The number of hydrogen-bond donors (Lipinski definition) is 0. The predicted molar refractivity (Wildman–Crippen MR) is 145 cm³/mol. The lowest BCUT2D eigenvalue weighted by Gasteiger charge is -2.49. The summed E-state index contributed by atoms with van der Waals surface area (Å²) in [5.74, 6) is 0.0755. The Balaban J connectivity index is 1.90. The van der Waals surface area contributed by atoms with E-state index in [1.54, 1.807) is 16.4 Å². The van der Waals surface area contributed by atoms with Crippen LogP contribution in [0.25, 0.3) is 0 Å². The Kier molecular flexibility index (Phi) is 6.73. The summed E-state index contributed by atoms with van der Waals surface area (Å²) >= 11 is 0. The van der Waals surface area contributed by atoms with Gasteiger partial charge in [0.2, 0.25) is 10.0 Å². The molecule has 1 aliphatic rings. The van der Waals surface area contributed by atoms with Crippen molar-refractivity contribution in [3.8, 4) is 0 Å². The first kappa shape index (κ1) is 24.6. The highest BCUT2D eigenvalue weighted by Crippen LogP contribution is 2.50. The number of benzene rings is 3. The van der Waals surface area contributed by atoms with Crippen LogP contribution in [0.15, 0.2) is 102 Å². The van der Waals surface area contributed by atoms with Crippen LogP contribution in [0, 0.1) is 12.8 Å². The van der Waals surface area contributed by atoms with Gasteiger partial charge >= 0.3 is 0 Å². The Labute approximate surface area is 206 Å². The van der Waals surface area contributed by atoms with Crippen LogP contribution in [0.4, 0.5) is 0 Å². The summed E-state index contributed by atoms with van der Waals surface area (Å²) in [6.45, 7) is 14.1. The molecule has 5 heteroatoms.